The molecule has 0 aromatic heterocycles. The molecule has 2 aromatic carbocycles. The SMILES string of the molecule is CCc1cc(OCCCCCCCCBr)c2ccccc2c1OCC(C)C. The van der Waals surface area contributed by atoms with Gasteiger partial charge in [-0.05, 0) is 36.8 Å². The first kappa shape index (κ1) is 22.1. The fourth-order valence-corrected chi connectivity index (χ4v) is 3.66. The van der Waals surface area contributed by atoms with Crippen molar-refractivity contribution in [1.29, 1.82) is 0 Å². The zero-order valence-electron chi connectivity index (χ0n) is 17.2. The molecule has 0 radical (unpaired) electrons. The normalized spacial score (nSPS) is 11.3. The van der Waals surface area contributed by atoms with Crippen LogP contribution in [0.2, 0.25) is 0 Å². The molecule has 3 heteroatoms. The van der Waals surface area contributed by atoms with Crippen LogP contribution in [-0.2, 0) is 6.42 Å². The van der Waals surface area contributed by atoms with Crippen molar-refractivity contribution in [1.82, 2.24) is 0 Å². The van der Waals surface area contributed by atoms with E-state index in [1.165, 1.54) is 43.1 Å². The molecule has 0 atom stereocenters. The summed E-state index contributed by atoms with van der Waals surface area (Å²) in [6.07, 6.45) is 8.56. The average Bonchev–Trinajstić information content (AvgIpc) is 2.68. The highest BCUT2D eigenvalue weighted by molar-refractivity contribution is 9.09. The van der Waals surface area contributed by atoms with Gasteiger partial charge in [0.25, 0.3) is 0 Å². The van der Waals surface area contributed by atoms with E-state index in [1.54, 1.807) is 0 Å². The zero-order chi connectivity index (χ0) is 19.5. The van der Waals surface area contributed by atoms with E-state index in [9.17, 15) is 0 Å². The van der Waals surface area contributed by atoms with Gasteiger partial charge in [0.15, 0.2) is 0 Å². The number of hydrogen-bond acceptors (Lipinski definition) is 2. The molecule has 2 aromatic rings. The van der Waals surface area contributed by atoms with Crippen LogP contribution in [0.5, 0.6) is 11.5 Å². The Labute approximate surface area is 173 Å². The lowest BCUT2D eigenvalue weighted by atomic mass is 10.0. The Bertz CT molecular complexity index is 681. The molecule has 2 rings (SSSR count). The molecule has 0 aliphatic carbocycles. The molecular formula is C24H35BrO2. The fraction of sp³-hybridized carbons (Fsp3) is 0.583. The molecule has 27 heavy (non-hydrogen) atoms. The maximum Gasteiger partial charge on any atom is 0.130 e. The topological polar surface area (TPSA) is 18.5 Å². The van der Waals surface area contributed by atoms with E-state index in [2.05, 4.69) is 67.0 Å². The third kappa shape index (κ3) is 7.03. The summed E-state index contributed by atoms with van der Waals surface area (Å²) in [5, 5.41) is 3.45. The molecular weight excluding hydrogens is 400 g/mol. The predicted octanol–water partition coefficient (Wildman–Crippen LogP) is 7.55. The number of fused-ring (bicyclic) bond motifs is 1. The number of ether oxygens (including phenoxy) is 2. The van der Waals surface area contributed by atoms with Crippen molar-refractivity contribution in [2.45, 2.75) is 65.7 Å². The second kappa shape index (κ2) is 12.3. The van der Waals surface area contributed by atoms with Crippen LogP contribution in [0, 0.1) is 5.92 Å². The third-order valence-corrected chi connectivity index (χ3v) is 5.32. The molecule has 0 spiro atoms. The van der Waals surface area contributed by atoms with Crippen LogP contribution < -0.4 is 9.47 Å². The smallest absolute Gasteiger partial charge is 0.130 e. The number of hydrogen-bond donors (Lipinski definition) is 0. The molecule has 0 saturated carbocycles. The molecule has 0 bridgehead atoms. The van der Waals surface area contributed by atoms with Crippen LogP contribution in [0.3, 0.4) is 0 Å². The minimum absolute atomic E-state index is 0.513. The quantitative estimate of drug-likeness (QED) is 0.239. The van der Waals surface area contributed by atoms with Gasteiger partial charge >= 0.3 is 0 Å². The van der Waals surface area contributed by atoms with Gasteiger partial charge in [0, 0.05) is 16.1 Å². The number of unbranched alkanes of at least 4 members (excludes halogenated alkanes) is 5. The van der Waals surface area contributed by atoms with Gasteiger partial charge in [0.2, 0.25) is 0 Å². The minimum Gasteiger partial charge on any atom is -0.493 e. The number of benzene rings is 2. The highest BCUT2D eigenvalue weighted by atomic mass is 79.9. The lowest BCUT2D eigenvalue weighted by Crippen LogP contribution is -2.07. The maximum atomic E-state index is 6.21. The van der Waals surface area contributed by atoms with Gasteiger partial charge in [-0.3, -0.25) is 0 Å². The van der Waals surface area contributed by atoms with Gasteiger partial charge in [0.1, 0.15) is 11.5 Å². The fourth-order valence-electron chi connectivity index (χ4n) is 3.26. The summed E-state index contributed by atoms with van der Waals surface area (Å²) in [7, 11) is 0. The zero-order valence-corrected chi connectivity index (χ0v) is 18.8. The van der Waals surface area contributed by atoms with Crippen molar-refractivity contribution in [3.63, 3.8) is 0 Å². The summed E-state index contributed by atoms with van der Waals surface area (Å²) in [6, 6.07) is 10.7. The van der Waals surface area contributed by atoms with Crippen LogP contribution >= 0.6 is 15.9 Å². The summed E-state index contributed by atoms with van der Waals surface area (Å²) >= 11 is 3.49. The number of halogens is 1. The summed E-state index contributed by atoms with van der Waals surface area (Å²) in [5.41, 5.74) is 1.24. The summed E-state index contributed by atoms with van der Waals surface area (Å²) < 4.78 is 12.4. The second-order valence-corrected chi connectivity index (χ2v) is 8.42. The monoisotopic (exact) mass is 434 g/mol. The van der Waals surface area contributed by atoms with Crippen LogP contribution in [0.15, 0.2) is 30.3 Å². The molecule has 0 aliphatic rings. The van der Waals surface area contributed by atoms with Gasteiger partial charge in [-0.15, -0.1) is 0 Å². The first-order valence-electron chi connectivity index (χ1n) is 10.5. The van der Waals surface area contributed by atoms with E-state index in [-0.39, 0.29) is 0 Å². The van der Waals surface area contributed by atoms with Crippen LogP contribution in [0.1, 0.15) is 64.9 Å². The van der Waals surface area contributed by atoms with Crippen LogP contribution in [0.25, 0.3) is 10.8 Å². The van der Waals surface area contributed by atoms with Crippen LogP contribution in [0.4, 0.5) is 0 Å². The second-order valence-electron chi connectivity index (χ2n) is 7.63. The Kier molecular flexibility index (Phi) is 10.0. The van der Waals surface area contributed by atoms with Gasteiger partial charge in [-0.1, -0.05) is 86.6 Å². The van der Waals surface area contributed by atoms with E-state index < -0.39 is 0 Å². The van der Waals surface area contributed by atoms with Gasteiger partial charge < -0.3 is 9.47 Å². The van der Waals surface area contributed by atoms with E-state index in [0.29, 0.717) is 5.92 Å². The van der Waals surface area contributed by atoms with Crippen molar-refractivity contribution in [3.8, 4) is 11.5 Å². The van der Waals surface area contributed by atoms with Crippen molar-refractivity contribution in [3.05, 3.63) is 35.9 Å². The maximum absolute atomic E-state index is 6.21. The van der Waals surface area contributed by atoms with Gasteiger partial charge in [-0.2, -0.15) is 0 Å². The van der Waals surface area contributed by atoms with Crippen molar-refractivity contribution >= 4 is 26.7 Å². The first-order chi connectivity index (χ1) is 13.2. The molecule has 150 valence electrons. The Morgan fingerprint density at radius 3 is 2.22 bits per heavy atom. The van der Waals surface area contributed by atoms with Gasteiger partial charge in [0.05, 0.1) is 13.2 Å². The Balaban J connectivity index is 2.03. The molecule has 0 unspecified atom stereocenters. The summed E-state index contributed by atoms with van der Waals surface area (Å²) in [5.74, 6) is 2.54. The highest BCUT2D eigenvalue weighted by Crippen LogP contribution is 2.37. The standard InChI is InChI=1S/C24H35BrO2/c1-4-20-17-23(26-16-12-8-6-5-7-11-15-25)21-13-9-10-14-22(21)24(20)27-18-19(2)3/h9-10,13-14,17,19H,4-8,11-12,15-16,18H2,1-3H3. The number of alkyl halides is 1. The van der Waals surface area contributed by atoms with E-state index in [0.717, 1.165) is 48.3 Å². The number of aryl methyl sites for hydroxylation is 1. The Morgan fingerprint density at radius 1 is 0.889 bits per heavy atom. The van der Waals surface area contributed by atoms with E-state index in [4.69, 9.17) is 9.47 Å². The predicted molar refractivity (Wildman–Crippen MR) is 121 cm³/mol. The summed E-state index contributed by atoms with van der Waals surface area (Å²) in [4.78, 5) is 0. The van der Waals surface area contributed by atoms with Crippen molar-refractivity contribution < 1.29 is 9.47 Å². The molecule has 0 saturated heterocycles. The molecule has 2 nitrogen and oxygen atoms in total. The minimum atomic E-state index is 0.513. The first-order valence-corrected chi connectivity index (χ1v) is 11.7. The molecule has 0 aliphatic heterocycles. The molecule has 0 heterocycles. The molecule has 0 N–H and O–H groups in total. The third-order valence-electron chi connectivity index (χ3n) is 4.76. The van der Waals surface area contributed by atoms with Gasteiger partial charge in [-0.25, -0.2) is 0 Å². The molecule has 0 fully saturated rings. The van der Waals surface area contributed by atoms with Crippen LogP contribution in [-0.4, -0.2) is 18.5 Å². The Morgan fingerprint density at radius 2 is 1.56 bits per heavy atom. The van der Waals surface area contributed by atoms with E-state index in [1.807, 2.05) is 0 Å². The molecule has 0 amide bonds. The average molecular weight is 435 g/mol. The Hall–Kier alpha value is -1.22. The lowest BCUT2D eigenvalue weighted by Gasteiger charge is -2.18. The van der Waals surface area contributed by atoms with E-state index >= 15 is 0 Å². The largest absolute Gasteiger partial charge is 0.493 e. The number of rotatable bonds is 13. The highest BCUT2D eigenvalue weighted by Gasteiger charge is 2.13. The van der Waals surface area contributed by atoms with Crippen molar-refractivity contribution in [2.75, 3.05) is 18.5 Å². The summed E-state index contributed by atoms with van der Waals surface area (Å²) in [6.45, 7) is 8.09. The lowest BCUT2D eigenvalue weighted by molar-refractivity contribution is 0.270. The van der Waals surface area contributed by atoms with Crippen molar-refractivity contribution in [2.24, 2.45) is 5.92 Å².